The molecule has 0 saturated carbocycles. The third-order valence-corrected chi connectivity index (χ3v) is 2.80. The Balaban J connectivity index is 2.09. The molecule has 1 N–H and O–H groups in total. The summed E-state index contributed by atoms with van der Waals surface area (Å²) in [6.45, 7) is 2.96. The summed E-state index contributed by atoms with van der Waals surface area (Å²) in [5, 5.41) is 14.4. The van der Waals surface area contributed by atoms with Gasteiger partial charge in [-0.25, -0.2) is 0 Å². The summed E-state index contributed by atoms with van der Waals surface area (Å²) in [6, 6.07) is 11.9. The SMILES string of the molecule is CCCn1nccc1C(O)Cc1ccccc1. The molecule has 3 heteroatoms. The molecular weight excluding hydrogens is 212 g/mol. The largest absolute Gasteiger partial charge is 0.386 e. The molecule has 0 spiro atoms. The van der Waals surface area contributed by atoms with Crippen LogP contribution in [0.4, 0.5) is 0 Å². The lowest BCUT2D eigenvalue weighted by atomic mass is 10.1. The molecule has 0 fully saturated rings. The Bertz CT molecular complexity index is 450. The van der Waals surface area contributed by atoms with Gasteiger partial charge in [0.25, 0.3) is 0 Å². The number of aromatic nitrogens is 2. The minimum atomic E-state index is -0.480. The van der Waals surface area contributed by atoms with Gasteiger partial charge in [-0.2, -0.15) is 5.10 Å². The van der Waals surface area contributed by atoms with Crippen LogP contribution in [0.25, 0.3) is 0 Å². The second-order valence-corrected chi connectivity index (χ2v) is 4.18. The Morgan fingerprint density at radius 1 is 1.24 bits per heavy atom. The molecule has 0 bridgehead atoms. The lowest BCUT2D eigenvalue weighted by Crippen LogP contribution is -2.11. The van der Waals surface area contributed by atoms with Gasteiger partial charge in [0.1, 0.15) is 0 Å². The number of aliphatic hydroxyl groups excluding tert-OH is 1. The number of hydrogen-bond acceptors (Lipinski definition) is 2. The van der Waals surface area contributed by atoms with E-state index in [-0.39, 0.29) is 0 Å². The molecular formula is C14H18N2O. The summed E-state index contributed by atoms with van der Waals surface area (Å²) in [5.41, 5.74) is 2.04. The Morgan fingerprint density at radius 2 is 2.00 bits per heavy atom. The second kappa shape index (κ2) is 5.64. The highest BCUT2D eigenvalue weighted by Crippen LogP contribution is 2.18. The molecule has 1 aromatic carbocycles. The maximum absolute atomic E-state index is 10.2. The van der Waals surface area contributed by atoms with Crippen molar-refractivity contribution in [1.82, 2.24) is 9.78 Å². The van der Waals surface area contributed by atoms with Crippen molar-refractivity contribution >= 4 is 0 Å². The van der Waals surface area contributed by atoms with E-state index in [2.05, 4.69) is 12.0 Å². The molecule has 1 heterocycles. The zero-order valence-electron chi connectivity index (χ0n) is 10.1. The zero-order valence-corrected chi connectivity index (χ0v) is 10.1. The highest BCUT2D eigenvalue weighted by atomic mass is 16.3. The van der Waals surface area contributed by atoms with Gasteiger partial charge in [-0.3, -0.25) is 4.68 Å². The average molecular weight is 230 g/mol. The Hall–Kier alpha value is -1.61. The minimum Gasteiger partial charge on any atom is -0.386 e. The lowest BCUT2D eigenvalue weighted by Gasteiger charge is -2.13. The molecule has 1 unspecified atom stereocenters. The van der Waals surface area contributed by atoms with Crippen LogP contribution in [0.2, 0.25) is 0 Å². The molecule has 0 aliphatic rings. The number of aryl methyl sites for hydroxylation is 1. The van der Waals surface area contributed by atoms with Gasteiger partial charge in [-0.15, -0.1) is 0 Å². The van der Waals surface area contributed by atoms with Crippen molar-refractivity contribution in [2.45, 2.75) is 32.4 Å². The molecule has 0 amide bonds. The number of hydrogen-bond donors (Lipinski definition) is 1. The third-order valence-electron chi connectivity index (χ3n) is 2.80. The van der Waals surface area contributed by atoms with Crippen molar-refractivity contribution in [3.63, 3.8) is 0 Å². The van der Waals surface area contributed by atoms with Crippen LogP contribution in [0.1, 0.15) is 30.7 Å². The van der Waals surface area contributed by atoms with Crippen molar-refractivity contribution in [2.24, 2.45) is 0 Å². The van der Waals surface area contributed by atoms with E-state index in [0.29, 0.717) is 6.42 Å². The molecule has 0 aliphatic heterocycles. The summed E-state index contributed by atoms with van der Waals surface area (Å²) >= 11 is 0. The van der Waals surface area contributed by atoms with Crippen LogP contribution in [0.3, 0.4) is 0 Å². The van der Waals surface area contributed by atoms with E-state index in [4.69, 9.17) is 0 Å². The Kier molecular flexibility index (Phi) is 3.94. The first kappa shape index (κ1) is 11.9. The van der Waals surface area contributed by atoms with Crippen LogP contribution in [0.15, 0.2) is 42.6 Å². The molecule has 2 rings (SSSR count). The molecule has 0 aliphatic carbocycles. The van der Waals surface area contributed by atoms with Crippen LogP contribution in [0.5, 0.6) is 0 Å². The molecule has 90 valence electrons. The summed E-state index contributed by atoms with van der Waals surface area (Å²) in [4.78, 5) is 0. The van der Waals surface area contributed by atoms with Crippen LogP contribution < -0.4 is 0 Å². The minimum absolute atomic E-state index is 0.480. The van der Waals surface area contributed by atoms with Gasteiger partial charge in [-0.05, 0) is 18.1 Å². The van der Waals surface area contributed by atoms with Crippen molar-refractivity contribution < 1.29 is 5.11 Å². The van der Waals surface area contributed by atoms with Crippen LogP contribution >= 0.6 is 0 Å². The fourth-order valence-electron chi connectivity index (χ4n) is 1.97. The Morgan fingerprint density at radius 3 is 2.71 bits per heavy atom. The highest BCUT2D eigenvalue weighted by Gasteiger charge is 2.13. The standard InChI is InChI=1S/C14H18N2O/c1-2-10-16-13(8-9-15-16)14(17)11-12-6-4-3-5-7-12/h3-9,14,17H,2,10-11H2,1H3. The molecule has 0 radical (unpaired) electrons. The molecule has 0 saturated heterocycles. The maximum Gasteiger partial charge on any atom is 0.0996 e. The van der Waals surface area contributed by atoms with Gasteiger partial charge < -0.3 is 5.11 Å². The monoisotopic (exact) mass is 230 g/mol. The van der Waals surface area contributed by atoms with E-state index < -0.39 is 6.10 Å². The van der Waals surface area contributed by atoms with E-state index >= 15 is 0 Å². The Labute approximate surface area is 102 Å². The molecule has 1 atom stereocenters. The summed E-state index contributed by atoms with van der Waals surface area (Å²) < 4.78 is 1.88. The van der Waals surface area contributed by atoms with Gasteiger partial charge in [0.2, 0.25) is 0 Å². The fourth-order valence-corrected chi connectivity index (χ4v) is 1.97. The van der Waals surface area contributed by atoms with E-state index in [1.54, 1.807) is 6.20 Å². The highest BCUT2D eigenvalue weighted by molar-refractivity contribution is 5.18. The zero-order chi connectivity index (χ0) is 12.1. The normalized spacial score (nSPS) is 12.6. The molecule has 2 aromatic rings. The van der Waals surface area contributed by atoms with Crippen LogP contribution in [0, 0.1) is 0 Å². The van der Waals surface area contributed by atoms with Gasteiger partial charge in [0, 0.05) is 19.2 Å². The van der Waals surface area contributed by atoms with Gasteiger partial charge in [0.15, 0.2) is 0 Å². The van der Waals surface area contributed by atoms with Gasteiger partial charge >= 0.3 is 0 Å². The average Bonchev–Trinajstić information content (AvgIpc) is 2.79. The quantitative estimate of drug-likeness (QED) is 0.857. The van der Waals surface area contributed by atoms with Crippen LogP contribution in [-0.2, 0) is 13.0 Å². The maximum atomic E-state index is 10.2. The third kappa shape index (κ3) is 2.94. The second-order valence-electron chi connectivity index (χ2n) is 4.18. The summed E-state index contributed by atoms with van der Waals surface area (Å²) in [5.74, 6) is 0. The van der Waals surface area contributed by atoms with E-state index in [9.17, 15) is 5.11 Å². The number of aliphatic hydroxyl groups is 1. The van der Waals surface area contributed by atoms with Crippen molar-refractivity contribution in [1.29, 1.82) is 0 Å². The van der Waals surface area contributed by atoms with Crippen molar-refractivity contribution in [3.05, 3.63) is 53.9 Å². The van der Waals surface area contributed by atoms with Crippen LogP contribution in [-0.4, -0.2) is 14.9 Å². The molecule has 1 aromatic heterocycles. The van der Waals surface area contributed by atoms with E-state index in [0.717, 1.165) is 24.2 Å². The predicted octanol–water partition coefficient (Wildman–Crippen LogP) is 2.57. The van der Waals surface area contributed by atoms with Crippen molar-refractivity contribution in [3.8, 4) is 0 Å². The topological polar surface area (TPSA) is 38.0 Å². The smallest absolute Gasteiger partial charge is 0.0996 e. The number of rotatable bonds is 5. The predicted molar refractivity (Wildman–Crippen MR) is 67.6 cm³/mol. The summed E-state index contributed by atoms with van der Waals surface area (Å²) in [7, 11) is 0. The fraction of sp³-hybridized carbons (Fsp3) is 0.357. The molecule has 17 heavy (non-hydrogen) atoms. The first-order valence-corrected chi connectivity index (χ1v) is 6.05. The lowest BCUT2D eigenvalue weighted by molar-refractivity contribution is 0.166. The van der Waals surface area contributed by atoms with Gasteiger partial charge in [0.05, 0.1) is 11.8 Å². The van der Waals surface area contributed by atoms with E-state index in [1.165, 1.54) is 0 Å². The summed E-state index contributed by atoms with van der Waals surface area (Å²) in [6.07, 6.45) is 2.92. The van der Waals surface area contributed by atoms with Gasteiger partial charge in [-0.1, -0.05) is 37.3 Å². The molecule has 3 nitrogen and oxygen atoms in total. The first-order valence-electron chi connectivity index (χ1n) is 6.05. The first-order chi connectivity index (χ1) is 8.31. The number of nitrogens with zero attached hydrogens (tertiary/aromatic N) is 2. The van der Waals surface area contributed by atoms with Crippen molar-refractivity contribution in [2.75, 3.05) is 0 Å². The number of benzene rings is 1. The van der Waals surface area contributed by atoms with E-state index in [1.807, 2.05) is 41.1 Å².